The fourth-order valence-corrected chi connectivity index (χ4v) is 3.19. The minimum absolute atomic E-state index is 0.249. The Morgan fingerprint density at radius 2 is 1.67 bits per heavy atom. The molecular formula is C25H22ClN3O4. The highest BCUT2D eigenvalue weighted by Gasteiger charge is 2.16. The van der Waals surface area contributed by atoms with Crippen molar-refractivity contribution >= 4 is 40.8 Å². The normalized spacial score (nSPS) is 10.9. The minimum Gasteiger partial charge on any atom is -0.422 e. The smallest absolute Gasteiger partial charge is 0.343 e. The number of carbonyl (C=O) groups is 3. The zero-order chi connectivity index (χ0) is 23.8. The number of carbonyl (C=O) groups excluding carboxylic acids is 3. The van der Waals surface area contributed by atoms with Crippen molar-refractivity contribution in [2.45, 2.75) is 20.3 Å². The van der Waals surface area contributed by atoms with Crippen LogP contribution in [0, 0.1) is 0 Å². The fourth-order valence-electron chi connectivity index (χ4n) is 3.00. The van der Waals surface area contributed by atoms with Gasteiger partial charge in [-0.3, -0.25) is 9.59 Å². The predicted octanol–water partition coefficient (Wildman–Crippen LogP) is 4.60. The lowest BCUT2D eigenvalue weighted by atomic mass is 10.1. The molecule has 33 heavy (non-hydrogen) atoms. The summed E-state index contributed by atoms with van der Waals surface area (Å²) >= 11 is 5.94. The van der Waals surface area contributed by atoms with Crippen LogP contribution in [-0.2, 0) is 16.0 Å². The molecule has 0 bridgehead atoms. The number of benzene rings is 3. The third kappa shape index (κ3) is 6.27. The molecule has 0 spiro atoms. The number of halogens is 1. The van der Waals surface area contributed by atoms with Crippen LogP contribution in [0.3, 0.4) is 0 Å². The molecule has 3 rings (SSSR count). The molecule has 0 aromatic heterocycles. The molecule has 0 saturated heterocycles. The van der Waals surface area contributed by atoms with Gasteiger partial charge in [0.15, 0.2) is 0 Å². The third-order valence-corrected chi connectivity index (χ3v) is 4.95. The molecule has 3 aromatic rings. The molecule has 3 aromatic carbocycles. The number of hydrazone groups is 1. The molecule has 168 valence electrons. The molecular weight excluding hydrogens is 442 g/mol. The molecule has 7 nitrogen and oxygen atoms in total. The Balaban J connectivity index is 1.70. The SMILES string of the molecule is CCc1ccccc1NC(=O)C(=O)N/N=C(\C)c1ccccc1OC(=O)c1cccc(Cl)c1. The molecule has 8 heteroatoms. The Bertz CT molecular complexity index is 1220. The second-order valence-corrected chi connectivity index (χ2v) is 7.44. The van der Waals surface area contributed by atoms with E-state index >= 15 is 0 Å². The van der Waals surface area contributed by atoms with Gasteiger partial charge in [0.1, 0.15) is 5.75 Å². The number of amides is 2. The summed E-state index contributed by atoms with van der Waals surface area (Å²) in [5.74, 6) is -2.10. The van der Waals surface area contributed by atoms with E-state index in [1.165, 1.54) is 6.07 Å². The Labute approximate surface area is 196 Å². The second-order valence-electron chi connectivity index (χ2n) is 7.00. The average molecular weight is 464 g/mol. The molecule has 0 heterocycles. The summed E-state index contributed by atoms with van der Waals surface area (Å²) in [6.07, 6.45) is 0.708. The van der Waals surface area contributed by atoms with Crippen LogP contribution in [-0.4, -0.2) is 23.5 Å². The topological polar surface area (TPSA) is 96.9 Å². The molecule has 0 aliphatic rings. The molecule has 0 aliphatic heterocycles. The van der Waals surface area contributed by atoms with E-state index in [-0.39, 0.29) is 5.75 Å². The van der Waals surface area contributed by atoms with Gasteiger partial charge >= 0.3 is 17.8 Å². The van der Waals surface area contributed by atoms with Gasteiger partial charge in [0.2, 0.25) is 0 Å². The molecule has 2 N–H and O–H groups in total. The van der Waals surface area contributed by atoms with Gasteiger partial charge in [-0.1, -0.05) is 54.9 Å². The van der Waals surface area contributed by atoms with E-state index in [4.69, 9.17) is 16.3 Å². The van der Waals surface area contributed by atoms with Gasteiger partial charge in [0, 0.05) is 16.3 Å². The Kier molecular flexibility index (Phi) is 7.94. The first-order valence-electron chi connectivity index (χ1n) is 10.2. The molecule has 0 radical (unpaired) electrons. The summed E-state index contributed by atoms with van der Waals surface area (Å²) in [7, 11) is 0. The Morgan fingerprint density at radius 1 is 0.939 bits per heavy atom. The van der Waals surface area contributed by atoms with E-state index < -0.39 is 17.8 Å². The monoisotopic (exact) mass is 463 g/mol. The van der Waals surface area contributed by atoms with Gasteiger partial charge in [-0.15, -0.1) is 0 Å². The maximum atomic E-state index is 12.5. The second kappa shape index (κ2) is 11.1. The lowest BCUT2D eigenvalue weighted by molar-refractivity contribution is -0.136. The van der Waals surface area contributed by atoms with Gasteiger partial charge in [-0.2, -0.15) is 5.10 Å². The van der Waals surface area contributed by atoms with Crippen molar-refractivity contribution in [3.05, 3.63) is 94.5 Å². The summed E-state index contributed by atoms with van der Waals surface area (Å²) in [4.78, 5) is 37.0. The third-order valence-electron chi connectivity index (χ3n) is 4.72. The van der Waals surface area contributed by atoms with Crippen LogP contribution in [0.5, 0.6) is 5.75 Å². The van der Waals surface area contributed by atoms with Crippen molar-refractivity contribution in [3.63, 3.8) is 0 Å². The van der Waals surface area contributed by atoms with E-state index in [1.807, 2.05) is 19.1 Å². The lowest BCUT2D eigenvalue weighted by Gasteiger charge is -2.11. The van der Waals surface area contributed by atoms with Crippen molar-refractivity contribution in [1.29, 1.82) is 0 Å². The van der Waals surface area contributed by atoms with Gasteiger partial charge in [-0.05, 0) is 55.3 Å². The van der Waals surface area contributed by atoms with Crippen LogP contribution in [0.25, 0.3) is 0 Å². The fraction of sp³-hybridized carbons (Fsp3) is 0.120. The van der Waals surface area contributed by atoms with Crippen molar-refractivity contribution < 1.29 is 19.1 Å². The Hall–Kier alpha value is -3.97. The summed E-state index contributed by atoms with van der Waals surface area (Å²) in [5.41, 5.74) is 4.84. The number of nitrogens with zero attached hydrogens (tertiary/aromatic N) is 1. The maximum Gasteiger partial charge on any atom is 0.343 e. The van der Waals surface area contributed by atoms with Gasteiger partial charge < -0.3 is 10.1 Å². The molecule has 0 aliphatic carbocycles. The number of esters is 1. The van der Waals surface area contributed by atoms with E-state index in [0.717, 1.165) is 5.56 Å². The van der Waals surface area contributed by atoms with Gasteiger partial charge in [0.05, 0.1) is 11.3 Å². The van der Waals surface area contributed by atoms with Crippen LogP contribution in [0.15, 0.2) is 77.9 Å². The van der Waals surface area contributed by atoms with E-state index in [2.05, 4.69) is 15.8 Å². The van der Waals surface area contributed by atoms with Gasteiger partial charge in [0.25, 0.3) is 0 Å². The van der Waals surface area contributed by atoms with E-state index in [0.29, 0.717) is 34.0 Å². The average Bonchev–Trinajstić information content (AvgIpc) is 2.83. The standard InChI is InChI=1S/C25H22ClN3O4/c1-3-17-9-4-6-13-21(17)27-23(30)24(31)29-28-16(2)20-12-5-7-14-22(20)33-25(32)18-10-8-11-19(26)15-18/h4-15H,3H2,1-2H3,(H,27,30)(H,29,31)/b28-16+. The van der Waals surface area contributed by atoms with Crippen LogP contribution < -0.4 is 15.5 Å². The van der Waals surface area contributed by atoms with Crippen molar-refractivity contribution in [2.24, 2.45) is 5.10 Å². The van der Waals surface area contributed by atoms with Crippen molar-refractivity contribution in [2.75, 3.05) is 5.32 Å². The van der Waals surface area contributed by atoms with Crippen LogP contribution in [0.2, 0.25) is 5.02 Å². The largest absolute Gasteiger partial charge is 0.422 e. The van der Waals surface area contributed by atoms with Crippen molar-refractivity contribution in [3.8, 4) is 5.75 Å². The van der Waals surface area contributed by atoms with Crippen LogP contribution in [0.1, 0.15) is 35.3 Å². The number of aryl methyl sites for hydroxylation is 1. The van der Waals surface area contributed by atoms with Crippen LogP contribution in [0.4, 0.5) is 5.69 Å². The number of anilines is 1. The predicted molar refractivity (Wildman–Crippen MR) is 128 cm³/mol. The summed E-state index contributed by atoms with van der Waals surface area (Å²) in [5, 5.41) is 7.00. The zero-order valence-corrected chi connectivity index (χ0v) is 18.8. The molecule has 0 fully saturated rings. The number of rotatable bonds is 6. The summed E-state index contributed by atoms with van der Waals surface area (Å²) < 4.78 is 5.50. The van der Waals surface area contributed by atoms with Crippen molar-refractivity contribution in [1.82, 2.24) is 5.43 Å². The first-order chi connectivity index (χ1) is 15.9. The highest BCUT2D eigenvalue weighted by Crippen LogP contribution is 2.21. The number of hydrogen-bond donors (Lipinski definition) is 2. The molecule has 0 saturated carbocycles. The van der Waals surface area contributed by atoms with E-state index in [9.17, 15) is 14.4 Å². The molecule has 2 amide bonds. The molecule has 0 atom stereocenters. The number of hydrogen-bond acceptors (Lipinski definition) is 5. The first-order valence-corrected chi connectivity index (χ1v) is 10.6. The zero-order valence-electron chi connectivity index (χ0n) is 18.1. The maximum absolute atomic E-state index is 12.5. The summed E-state index contributed by atoms with van der Waals surface area (Å²) in [6, 6.07) is 20.4. The highest BCUT2D eigenvalue weighted by molar-refractivity contribution is 6.39. The first kappa shape index (κ1) is 23.7. The lowest BCUT2D eigenvalue weighted by Crippen LogP contribution is -2.33. The van der Waals surface area contributed by atoms with E-state index in [1.54, 1.807) is 61.5 Å². The number of ether oxygens (including phenoxy) is 1. The van der Waals surface area contributed by atoms with Gasteiger partial charge in [-0.25, -0.2) is 10.2 Å². The number of para-hydroxylation sites is 2. The number of nitrogens with one attached hydrogen (secondary N) is 2. The quantitative estimate of drug-likeness (QED) is 0.183. The van der Waals surface area contributed by atoms with Crippen LogP contribution >= 0.6 is 11.6 Å². The summed E-state index contributed by atoms with van der Waals surface area (Å²) in [6.45, 7) is 3.58. The minimum atomic E-state index is -0.923. The highest BCUT2D eigenvalue weighted by atomic mass is 35.5. The Morgan fingerprint density at radius 3 is 2.42 bits per heavy atom. The molecule has 0 unspecified atom stereocenters.